The summed E-state index contributed by atoms with van der Waals surface area (Å²) in [6.45, 7) is 7.83. The van der Waals surface area contributed by atoms with E-state index < -0.39 is 0 Å². The number of halogens is 1. The van der Waals surface area contributed by atoms with E-state index in [9.17, 15) is 0 Å². The van der Waals surface area contributed by atoms with Gasteiger partial charge in [-0.1, -0.05) is 19.9 Å². The predicted octanol–water partition coefficient (Wildman–Crippen LogP) is 4.57. The van der Waals surface area contributed by atoms with Crippen LogP contribution in [0, 0.1) is 11.8 Å². The summed E-state index contributed by atoms with van der Waals surface area (Å²) in [5.74, 6) is 1.89. The fourth-order valence-corrected chi connectivity index (χ4v) is 3.41. The topological polar surface area (TPSA) is 15.3 Å². The first-order valence-electron chi connectivity index (χ1n) is 8.38. The van der Waals surface area contributed by atoms with Crippen molar-refractivity contribution in [2.24, 2.45) is 11.8 Å². The van der Waals surface area contributed by atoms with E-state index in [2.05, 4.69) is 58.2 Å². The summed E-state index contributed by atoms with van der Waals surface area (Å²) in [7, 11) is 0. The second kappa shape index (κ2) is 6.70. The van der Waals surface area contributed by atoms with E-state index in [1.165, 1.54) is 54.5 Å². The van der Waals surface area contributed by atoms with Gasteiger partial charge in [-0.15, -0.1) is 0 Å². The molecule has 1 aromatic carbocycles. The lowest BCUT2D eigenvalue weighted by Crippen LogP contribution is -2.28. The van der Waals surface area contributed by atoms with Gasteiger partial charge < -0.3 is 10.2 Å². The number of nitrogens with zero attached hydrogens (tertiary/aromatic N) is 1. The third-order valence-corrected chi connectivity index (χ3v) is 5.05. The molecular formula is C18H27BrN2. The van der Waals surface area contributed by atoms with Crippen molar-refractivity contribution in [2.75, 3.05) is 18.0 Å². The maximum Gasteiger partial charge on any atom is 0.0511 e. The van der Waals surface area contributed by atoms with Gasteiger partial charge in [-0.2, -0.15) is 0 Å². The van der Waals surface area contributed by atoms with Gasteiger partial charge in [0.25, 0.3) is 0 Å². The Balaban J connectivity index is 1.68. The lowest BCUT2D eigenvalue weighted by Gasteiger charge is -2.26. The molecule has 3 heteroatoms. The summed E-state index contributed by atoms with van der Waals surface area (Å²) >= 11 is 3.81. The van der Waals surface area contributed by atoms with Crippen molar-refractivity contribution in [3.8, 4) is 0 Å². The summed E-state index contributed by atoms with van der Waals surface area (Å²) in [5.41, 5.74) is 2.75. The Morgan fingerprint density at radius 2 is 1.76 bits per heavy atom. The van der Waals surface area contributed by atoms with Gasteiger partial charge in [0.15, 0.2) is 0 Å². The number of nitrogens with one attached hydrogen (secondary N) is 1. The molecule has 1 aromatic rings. The summed E-state index contributed by atoms with van der Waals surface area (Å²) in [6, 6.07) is 7.41. The molecule has 0 saturated heterocycles. The van der Waals surface area contributed by atoms with E-state index in [0.717, 1.165) is 18.4 Å². The number of benzene rings is 1. The Hall–Kier alpha value is -0.540. The van der Waals surface area contributed by atoms with E-state index in [0.29, 0.717) is 6.04 Å². The molecule has 2 aliphatic carbocycles. The van der Waals surface area contributed by atoms with Gasteiger partial charge >= 0.3 is 0 Å². The zero-order valence-corrected chi connectivity index (χ0v) is 14.8. The van der Waals surface area contributed by atoms with Crippen molar-refractivity contribution in [1.29, 1.82) is 0 Å². The van der Waals surface area contributed by atoms with Crippen LogP contribution in [0.3, 0.4) is 0 Å². The first-order chi connectivity index (χ1) is 10.1. The van der Waals surface area contributed by atoms with E-state index >= 15 is 0 Å². The van der Waals surface area contributed by atoms with Crippen molar-refractivity contribution in [1.82, 2.24) is 5.32 Å². The van der Waals surface area contributed by atoms with Gasteiger partial charge in [-0.05, 0) is 71.1 Å². The largest absolute Gasteiger partial charge is 0.370 e. The normalized spacial score (nSPS) is 18.3. The molecule has 2 fully saturated rings. The molecule has 0 aliphatic heterocycles. The van der Waals surface area contributed by atoms with Crippen LogP contribution >= 0.6 is 15.9 Å². The van der Waals surface area contributed by atoms with Crippen LogP contribution in [0.25, 0.3) is 0 Å². The van der Waals surface area contributed by atoms with E-state index in [1.807, 2.05) is 0 Å². The molecule has 0 aromatic heterocycles. The Kier molecular flexibility index (Phi) is 4.90. The van der Waals surface area contributed by atoms with Crippen molar-refractivity contribution >= 4 is 21.6 Å². The average Bonchev–Trinajstić information content (AvgIpc) is 3.31. The minimum absolute atomic E-state index is 0.532. The van der Waals surface area contributed by atoms with E-state index in [1.54, 1.807) is 0 Å². The third-order valence-electron chi connectivity index (χ3n) is 4.42. The lowest BCUT2D eigenvalue weighted by atomic mass is 10.1. The van der Waals surface area contributed by atoms with Crippen molar-refractivity contribution in [2.45, 2.75) is 52.1 Å². The Morgan fingerprint density at radius 1 is 1.14 bits per heavy atom. The molecule has 21 heavy (non-hydrogen) atoms. The van der Waals surface area contributed by atoms with E-state index in [-0.39, 0.29) is 0 Å². The summed E-state index contributed by atoms with van der Waals surface area (Å²) in [4.78, 5) is 2.62. The van der Waals surface area contributed by atoms with Crippen molar-refractivity contribution in [3.63, 3.8) is 0 Å². The third kappa shape index (κ3) is 4.72. The Bertz CT molecular complexity index is 464. The minimum Gasteiger partial charge on any atom is -0.370 e. The quantitative estimate of drug-likeness (QED) is 0.738. The molecule has 116 valence electrons. The molecule has 1 N–H and O–H groups in total. The molecule has 0 unspecified atom stereocenters. The van der Waals surface area contributed by atoms with Gasteiger partial charge in [-0.3, -0.25) is 0 Å². The molecule has 0 radical (unpaired) electrons. The summed E-state index contributed by atoms with van der Waals surface area (Å²) in [6.07, 6.45) is 5.70. The van der Waals surface area contributed by atoms with Gasteiger partial charge in [-0.25, -0.2) is 0 Å². The highest BCUT2D eigenvalue weighted by Crippen LogP contribution is 2.38. The highest BCUT2D eigenvalue weighted by atomic mass is 79.9. The first-order valence-corrected chi connectivity index (χ1v) is 9.18. The van der Waals surface area contributed by atoms with Gasteiger partial charge in [0.2, 0.25) is 0 Å². The van der Waals surface area contributed by atoms with Gasteiger partial charge in [0.05, 0.1) is 5.69 Å². The summed E-state index contributed by atoms with van der Waals surface area (Å²) in [5, 5.41) is 3.49. The molecule has 2 saturated carbocycles. The number of rotatable bonds is 8. The van der Waals surface area contributed by atoms with Crippen LogP contribution in [-0.2, 0) is 6.54 Å². The van der Waals surface area contributed by atoms with Crippen molar-refractivity contribution < 1.29 is 0 Å². The molecule has 2 aliphatic rings. The predicted molar refractivity (Wildman–Crippen MR) is 93.8 cm³/mol. The first kappa shape index (κ1) is 15.4. The van der Waals surface area contributed by atoms with Gasteiger partial charge in [0, 0.05) is 30.1 Å². The monoisotopic (exact) mass is 350 g/mol. The second-order valence-electron chi connectivity index (χ2n) is 7.11. The molecule has 3 rings (SSSR count). The molecule has 0 bridgehead atoms. The molecule has 0 heterocycles. The molecule has 0 atom stereocenters. The Labute approximate surface area is 137 Å². The van der Waals surface area contributed by atoms with Crippen LogP contribution in [0.1, 0.15) is 45.1 Å². The fourth-order valence-electron chi connectivity index (χ4n) is 2.73. The highest BCUT2D eigenvalue weighted by Gasteiger charge is 2.30. The van der Waals surface area contributed by atoms with Crippen LogP contribution < -0.4 is 10.2 Å². The number of hydrogen-bond acceptors (Lipinski definition) is 2. The minimum atomic E-state index is 0.532. The molecular weight excluding hydrogens is 324 g/mol. The maximum atomic E-state index is 3.81. The summed E-state index contributed by atoms with van der Waals surface area (Å²) < 4.78 is 1.26. The molecule has 2 nitrogen and oxygen atoms in total. The zero-order valence-electron chi connectivity index (χ0n) is 13.2. The van der Waals surface area contributed by atoms with Crippen LogP contribution in [0.5, 0.6) is 0 Å². The van der Waals surface area contributed by atoms with Crippen LogP contribution in [0.15, 0.2) is 22.7 Å². The van der Waals surface area contributed by atoms with Crippen LogP contribution in [0.2, 0.25) is 0 Å². The van der Waals surface area contributed by atoms with Crippen LogP contribution in [0.4, 0.5) is 5.69 Å². The smallest absolute Gasteiger partial charge is 0.0511 e. The van der Waals surface area contributed by atoms with Crippen LogP contribution in [-0.4, -0.2) is 19.1 Å². The average molecular weight is 351 g/mol. The lowest BCUT2D eigenvalue weighted by molar-refractivity contribution is 0.588. The zero-order chi connectivity index (χ0) is 14.8. The Morgan fingerprint density at radius 3 is 2.24 bits per heavy atom. The van der Waals surface area contributed by atoms with Gasteiger partial charge in [0.1, 0.15) is 0 Å². The SMILES string of the molecule is CC(C)NCc1ccc(N(CC2CC2)CC2CC2)c(Br)c1. The number of hydrogen-bond donors (Lipinski definition) is 1. The second-order valence-corrected chi connectivity index (χ2v) is 7.97. The molecule has 0 amide bonds. The number of anilines is 1. The molecule has 0 spiro atoms. The highest BCUT2D eigenvalue weighted by molar-refractivity contribution is 9.10. The standard InChI is InChI=1S/C18H27BrN2/c1-13(2)20-10-16-7-8-18(17(19)9-16)21(11-14-3-4-14)12-15-5-6-15/h7-9,13-15,20H,3-6,10-12H2,1-2H3. The van der Waals surface area contributed by atoms with E-state index in [4.69, 9.17) is 0 Å². The maximum absolute atomic E-state index is 3.81. The van der Waals surface area contributed by atoms with Crippen molar-refractivity contribution in [3.05, 3.63) is 28.2 Å². The fraction of sp³-hybridized carbons (Fsp3) is 0.667.